The Morgan fingerprint density at radius 2 is 2.09 bits per heavy atom. The van der Waals surface area contributed by atoms with Gasteiger partial charge in [0.1, 0.15) is 22.3 Å². The average Bonchev–Trinajstić information content (AvgIpc) is 2.75. The molecule has 8 nitrogen and oxygen atoms in total. The summed E-state index contributed by atoms with van der Waals surface area (Å²) in [5.74, 6) is -1.18. The fraction of sp³-hybridized carbons (Fsp3) is 0.182. The molecule has 1 amide bonds. The zero-order chi connectivity index (χ0) is 23.6. The maximum Gasteiger partial charge on any atom is 0.269 e. The number of rotatable bonds is 6. The number of primary amides is 1. The molecular formula is C22H21ClFN5O3. The van der Waals surface area contributed by atoms with Gasteiger partial charge in [-0.25, -0.2) is 9.37 Å². The van der Waals surface area contributed by atoms with Crippen LogP contribution in [-0.2, 0) is 0 Å². The summed E-state index contributed by atoms with van der Waals surface area (Å²) in [6.45, 7) is 3.28. The summed E-state index contributed by atoms with van der Waals surface area (Å²) in [4.78, 5) is 32.6. The van der Waals surface area contributed by atoms with E-state index in [0.717, 1.165) is 6.07 Å². The lowest BCUT2D eigenvalue weighted by Crippen LogP contribution is -2.18. The molecule has 166 valence electrons. The lowest BCUT2D eigenvalue weighted by atomic mass is 10.0. The van der Waals surface area contributed by atoms with Crippen molar-refractivity contribution in [3.05, 3.63) is 74.2 Å². The number of halogens is 2. The molecule has 1 unspecified atom stereocenters. The predicted octanol–water partition coefficient (Wildman–Crippen LogP) is 3.56. The number of amides is 1. The Bertz CT molecular complexity index is 1330. The van der Waals surface area contributed by atoms with Gasteiger partial charge in [0.05, 0.1) is 22.7 Å². The number of allylic oxidation sites excluding steroid dienone is 1. The molecule has 0 spiro atoms. The highest BCUT2D eigenvalue weighted by Gasteiger charge is 2.21. The quantitative estimate of drug-likeness (QED) is 0.382. The van der Waals surface area contributed by atoms with E-state index >= 15 is 0 Å². The van der Waals surface area contributed by atoms with Gasteiger partial charge in [-0.2, -0.15) is 0 Å². The Labute approximate surface area is 187 Å². The fourth-order valence-corrected chi connectivity index (χ4v) is 3.49. The molecule has 0 radical (unpaired) electrons. The van der Waals surface area contributed by atoms with Crippen LogP contribution in [0.15, 0.2) is 44.7 Å². The first-order chi connectivity index (χ1) is 15.2. The normalized spacial score (nSPS) is 13.0. The minimum absolute atomic E-state index is 0.0732. The van der Waals surface area contributed by atoms with Crippen molar-refractivity contribution in [2.45, 2.75) is 19.9 Å². The van der Waals surface area contributed by atoms with Crippen molar-refractivity contribution >= 4 is 46.0 Å². The van der Waals surface area contributed by atoms with Crippen LogP contribution in [0.3, 0.4) is 0 Å². The molecule has 0 fully saturated rings. The van der Waals surface area contributed by atoms with Crippen molar-refractivity contribution < 1.29 is 13.6 Å². The maximum absolute atomic E-state index is 14.4. The highest BCUT2D eigenvalue weighted by Crippen LogP contribution is 2.31. The molecule has 3 aromatic rings. The Balaban J connectivity index is 2.21. The first kappa shape index (κ1) is 23.0. The molecule has 1 atom stereocenters. The number of aliphatic imine (C=N–C) groups is 1. The van der Waals surface area contributed by atoms with E-state index in [4.69, 9.17) is 27.5 Å². The predicted molar refractivity (Wildman–Crippen MR) is 124 cm³/mol. The average molecular weight is 458 g/mol. The summed E-state index contributed by atoms with van der Waals surface area (Å²) in [5, 5.41) is 3.23. The van der Waals surface area contributed by atoms with Gasteiger partial charge in [-0.3, -0.25) is 14.6 Å². The van der Waals surface area contributed by atoms with Crippen LogP contribution in [0.25, 0.3) is 16.5 Å². The van der Waals surface area contributed by atoms with Crippen LogP contribution in [0.2, 0.25) is 5.15 Å². The molecule has 0 aliphatic heterocycles. The van der Waals surface area contributed by atoms with E-state index in [-0.39, 0.29) is 33.1 Å². The van der Waals surface area contributed by atoms with Crippen molar-refractivity contribution in [2.24, 2.45) is 16.5 Å². The lowest BCUT2D eigenvalue weighted by Gasteiger charge is -2.19. The third-order valence-electron chi connectivity index (χ3n) is 4.86. The van der Waals surface area contributed by atoms with Crippen molar-refractivity contribution in [2.75, 3.05) is 12.4 Å². The molecule has 0 bridgehead atoms. The number of carbonyl (C=O) groups is 1. The first-order valence-corrected chi connectivity index (χ1v) is 9.89. The van der Waals surface area contributed by atoms with E-state index in [1.807, 2.05) is 0 Å². The molecule has 0 aliphatic rings. The van der Waals surface area contributed by atoms with E-state index < -0.39 is 23.2 Å². The van der Waals surface area contributed by atoms with Gasteiger partial charge < -0.3 is 21.2 Å². The molecule has 0 saturated carbocycles. The van der Waals surface area contributed by atoms with Crippen LogP contribution >= 0.6 is 11.6 Å². The van der Waals surface area contributed by atoms with Crippen molar-refractivity contribution in [1.29, 1.82) is 0 Å². The Hall–Kier alpha value is -3.72. The number of aromatic nitrogens is 1. The number of carbonyl (C=O) groups excluding carboxylic acids is 1. The summed E-state index contributed by atoms with van der Waals surface area (Å²) >= 11 is 5.86. The molecule has 10 heteroatoms. The van der Waals surface area contributed by atoms with Crippen LogP contribution < -0.4 is 22.2 Å². The number of anilines is 1. The molecular weight excluding hydrogens is 437 g/mol. The van der Waals surface area contributed by atoms with Gasteiger partial charge in [0, 0.05) is 30.6 Å². The summed E-state index contributed by atoms with van der Waals surface area (Å²) in [6.07, 6.45) is 2.73. The second-order valence-electron chi connectivity index (χ2n) is 7.03. The third kappa shape index (κ3) is 4.33. The second kappa shape index (κ2) is 9.19. The molecule has 1 aromatic carbocycles. The van der Waals surface area contributed by atoms with Gasteiger partial charge in [0.15, 0.2) is 11.1 Å². The van der Waals surface area contributed by atoms with Gasteiger partial charge >= 0.3 is 0 Å². The molecule has 2 aromatic heterocycles. The first-order valence-electron chi connectivity index (χ1n) is 9.52. The summed E-state index contributed by atoms with van der Waals surface area (Å²) in [5.41, 5.74) is 12.1. The molecule has 2 heterocycles. The second-order valence-corrected chi connectivity index (χ2v) is 7.41. The molecule has 0 saturated heterocycles. The van der Waals surface area contributed by atoms with E-state index in [1.54, 1.807) is 20.9 Å². The van der Waals surface area contributed by atoms with Gasteiger partial charge in [-0.15, -0.1) is 0 Å². The van der Waals surface area contributed by atoms with E-state index in [9.17, 15) is 14.0 Å². The smallest absolute Gasteiger partial charge is 0.269 e. The minimum atomic E-state index is -0.785. The van der Waals surface area contributed by atoms with Gasteiger partial charge in [-0.05, 0) is 38.1 Å². The largest absolute Gasteiger partial charge is 0.455 e. The van der Waals surface area contributed by atoms with Crippen LogP contribution in [0.1, 0.15) is 40.3 Å². The highest BCUT2D eigenvalue weighted by atomic mass is 35.5. The lowest BCUT2D eigenvalue weighted by molar-refractivity contribution is 0.0996. The Morgan fingerprint density at radius 3 is 2.72 bits per heavy atom. The standard InChI is InChI=1S/C22H21ClFN5O3/c1-10-19(30)15-7-13(24)6-14(21(15)32-20(10)12(8-25)9-27-3)11(2)28-16-4-5-17(23)29-18(16)22(26)31/h4-9,11,28H,25H2,1-3H3,(H2,26,31)/b12-8+,27-9?. The number of fused-ring (bicyclic) bond motifs is 1. The number of hydrogen-bond acceptors (Lipinski definition) is 7. The van der Waals surface area contributed by atoms with Crippen molar-refractivity contribution in [3.8, 4) is 0 Å². The van der Waals surface area contributed by atoms with Crippen LogP contribution in [-0.4, -0.2) is 24.2 Å². The number of nitrogens with zero attached hydrogens (tertiary/aromatic N) is 2. The number of pyridine rings is 1. The number of nitrogens with one attached hydrogen (secondary N) is 1. The molecule has 0 aliphatic carbocycles. The number of benzene rings is 1. The van der Waals surface area contributed by atoms with Gasteiger partial charge in [0.25, 0.3) is 5.91 Å². The summed E-state index contributed by atoms with van der Waals surface area (Å²) in [6, 6.07) is 4.77. The summed E-state index contributed by atoms with van der Waals surface area (Å²) < 4.78 is 20.5. The van der Waals surface area contributed by atoms with E-state index in [0.29, 0.717) is 16.8 Å². The van der Waals surface area contributed by atoms with Gasteiger partial charge in [0.2, 0.25) is 0 Å². The topological polar surface area (TPSA) is 137 Å². The summed E-state index contributed by atoms with van der Waals surface area (Å²) in [7, 11) is 1.56. The van der Waals surface area contributed by atoms with E-state index in [2.05, 4.69) is 15.3 Å². The van der Waals surface area contributed by atoms with Crippen LogP contribution in [0.4, 0.5) is 10.1 Å². The number of hydrogen-bond donors (Lipinski definition) is 3. The minimum Gasteiger partial charge on any atom is -0.455 e. The molecule has 3 rings (SSSR count). The third-order valence-corrected chi connectivity index (χ3v) is 5.07. The maximum atomic E-state index is 14.4. The zero-order valence-electron chi connectivity index (χ0n) is 17.6. The van der Waals surface area contributed by atoms with Crippen molar-refractivity contribution in [3.63, 3.8) is 0 Å². The number of nitrogens with two attached hydrogens (primary N) is 2. The highest BCUT2D eigenvalue weighted by molar-refractivity contribution is 6.29. The van der Waals surface area contributed by atoms with Crippen molar-refractivity contribution in [1.82, 2.24) is 4.98 Å². The zero-order valence-corrected chi connectivity index (χ0v) is 18.3. The molecule has 32 heavy (non-hydrogen) atoms. The van der Waals surface area contributed by atoms with Gasteiger partial charge in [-0.1, -0.05) is 11.6 Å². The monoisotopic (exact) mass is 457 g/mol. The van der Waals surface area contributed by atoms with Crippen LogP contribution in [0, 0.1) is 12.7 Å². The Morgan fingerprint density at radius 1 is 1.38 bits per heavy atom. The fourth-order valence-electron chi connectivity index (χ4n) is 3.35. The van der Waals surface area contributed by atoms with E-state index in [1.165, 1.54) is 30.6 Å². The SMILES string of the molecule is CN=C/C(=C\N)c1oc2c(C(C)Nc3ccc(Cl)nc3C(N)=O)cc(F)cc2c(=O)c1C. The van der Waals surface area contributed by atoms with Crippen LogP contribution in [0.5, 0.6) is 0 Å². The molecule has 5 N–H and O–H groups in total. The Kier molecular flexibility index (Phi) is 6.59.